The van der Waals surface area contributed by atoms with Gasteiger partial charge in [-0.3, -0.25) is 4.79 Å². The zero-order valence-corrected chi connectivity index (χ0v) is 10.9. The van der Waals surface area contributed by atoms with Gasteiger partial charge in [0.15, 0.2) is 0 Å². The lowest BCUT2D eigenvalue weighted by atomic mass is 10.0. The molecule has 0 bridgehead atoms. The van der Waals surface area contributed by atoms with E-state index in [1.165, 1.54) is 0 Å². The molecule has 0 saturated heterocycles. The summed E-state index contributed by atoms with van der Waals surface area (Å²) in [6.07, 6.45) is 0. The average Bonchev–Trinajstić information content (AvgIpc) is 2.40. The fourth-order valence-corrected chi connectivity index (χ4v) is 1.84. The van der Waals surface area contributed by atoms with Crippen molar-refractivity contribution in [1.82, 2.24) is 5.32 Å². The third-order valence-corrected chi connectivity index (χ3v) is 2.91. The average molecular weight is 260 g/mol. The molecule has 0 unspecified atom stereocenters. The van der Waals surface area contributed by atoms with E-state index in [0.29, 0.717) is 12.1 Å². The van der Waals surface area contributed by atoms with Crippen molar-refractivity contribution in [1.29, 1.82) is 0 Å². The molecule has 0 saturated carbocycles. The van der Waals surface area contributed by atoms with Crippen LogP contribution in [0.1, 0.15) is 17.3 Å². The fraction of sp³-hybridized carbons (Fsp3) is 0.133. The number of halogens is 1. The van der Waals surface area contributed by atoms with Crippen molar-refractivity contribution in [3.63, 3.8) is 0 Å². The Morgan fingerprint density at radius 3 is 2.00 bits per heavy atom. The van der Waals surface area contributed by atoms with E-state index in [1.54, 1.807) is 0 Å². The highest BCUT2D eigenvalue weighted by atomic mass is 35.5. The zero-order valence-electron chi connectivity index (χ0n) is 10.1. The monoisotopic (exact) mass is 259 g/mol. The summed E-state index contributed by atoms with van der Waals surface area (Å²) in [4.78, 5) is 11.6. The van der Waals surface area contributed by atoms with Gasteiger partial charge in [0.2, 0.25) is 0 Å². The first-order valence-corrected chi connectivity index (χ1v) is 6.22. The van der Waals surface area contributed by atoms with Gasteiger partial charge in [0.1, 0.15) is 0 Å². The third kappa shape index (κ3) is 2.90. The molecule has 0 heterocycles. The summed E-state index contributed by atoms with van der Waals surface area (Å²) in [6.45, 7) is 2.54. The first-order valence-electron chi connectivity index (χ1n) is 5.85. The van der Waals surface area contributed by atoms with Crippen LogP contribution in [-0.4, -0.2) is 12.5 Å². The molecule has 0 fully saturated rings. The molecule has 0 spiro atoms. The Morgan fingerprint density at radius 2 is 1.50 bits per heavy atom. The summed E-state index contributed by atoms with van der Waals surface area (Å²) in [5.74, 6) is -0.0415. The van der Waals surface area contributed by atoms with Crippen LogP contribution in [0.5, 0.6) is 0 Å². The van der Waals surface area contributed by atoms with E-state index >= 15 is 0 Å². The maximum Gasteiger partial charge on any atom is 0.251 e. The van der Waals surface area contributed by atoms with Crippen molar-refractivity contribution >= 4 is 17.5 Å². The number of carbonyl (C=O) groups is 1. The van der Waals surface area contributed by atoms with Gasteiger partial charge in [-0.05, 0) is 42.3 Å². The standard InChI is InChI=1S/C15H14ClNO/c1-2-17-15(18)13-5-3-11(4-6-13)12-7-9-14(16)10-8-12/h3-10H,2H2,1H3,(H,17,18). The van der Waals surface area contributed by atoms with Crippen molar-refractivity contribution in [3.05, 3.63) is 59.1 Å². The number of hydrogen-bond acceptors (Lipinski definition) is 1. The molecule has 18 heavy (non-hydrogen) atoms. The zero-order chi connectivity index (χ0) is 13.0. The Kier molecular flexibility index (Phi) is 4.00. The number of benzene rings is 2. The summed E-state index contributed by atoms with van der Waals surface area (Å²) in [7, 11) is 0. The molecule has 0 aliphatic heterocycles. The number of rotatable bonds is 3. The normalized spacial score (nSPS) is 10.1. The highest BCUT2D eigenvalue weighted by Gasteiger charge is 2.04. The number of nitrogens with one attached hydrogen (secondary N) is 1. The molecule has 0 aliphatic carbocycles. The molecular weight excluding hydrogens is 246 g/mol. The molecule has 0 aromatic heterocycles. The van der Waals surface area contributed by atoms with Gasteiger partial charge in [-0.2, -0.15) is 0 Å². The summed E-state index contributed by atoms with van der Waals surface area (Å²) in [6, 6.07) is 15.2. The smallest absolute Gasteiger partial charge is 0.251 e. The van der Waals surface area contributed by atoms with Gasteiger partial charge in [0, 0.05) is 17.1 Å². The van der Waals surface area contributed by atoms with Crippen LogP contribution in [0.25, 0.3) is 11.1 Å². The second-order valence-electron chi connectivity index (χ2n) is 3.94. The van der Waals surface area contributed by atoms with E-state index < -0.39 is 0 Å². The lowest BCUT2D eigenvalue weighted by Gasteiger charge is -2.05. The highest BCUT2D eigenvalue weighted by molar-refractivity contribution is 6.30. The van der Waals surface area contributed by atoms with E-state index in [0.717, 1.165) is 16.1 Å². The number of amides is 1. The summed E-state index contributed by atoms with van der Waals surface area (Å²) < 4.78 is 0. The van der Waals surface area contributed by atoms with Gasteiger partial charge < -0.3 is 5.32 Å². The maximum atomic E-state index is 11.6. The summed E-state index contributed by atoms with van der Waals surface area (Å²) >= 11 is 5.85. The molecule has 1 amide bonds. The number of hydrogen-bond donors (Lipinski definition) is 1. The Balaban J connectivity index is 2.22. The molecule has 1 N–H and O–H groups in total. The lowest BCUT2D eigenvalue weighted by Crippen LogP contribution is -2.22. The highest BCUT2D eigenvalue weighted by Crippen LogP contribution is 2.21. The Hall–Kier alpha value is -1.80. The van der Waals surface area contributed by atoms with Gasteiger partial charge in [-0.1, -0.05) is 35.9 Å². The van der Waals surface area contributed by atoms with Gasteiger partial charge in [0.05, 0.1) is 0 Å². The van der Waals surface area contributed by atoms with Crippen molar-refractivity contribution in [2.75, 3.05) is 6.54 Å². The summed E-state index contributed by atoms with van der Waals surface area (Å²) in [5.41, 5.74) is 2.83. The molecule has 2 nitrogen and oxygen atoms in total. The van der Waals surface area contributed by atoms with E-state index in [2.05, 4.69) is 5.32 Å². The molecule has 0 aliphatic rings. The molecule has 0 radical (unpaired) electrons. The Labute approximate surface area is 112 Å². The van der Waals surface area contributed by atoms with Crippen molar-refractivity contribution < 1.29 is 4.79 Å². The summed E-state index contributed by atoms with van der Waals surface area (Å²) in [5, 5.41) is 3.49. The predicted molar refractivity (Wildman–Crippen MR) is 74.9 cm³/mol. The van der Waals surface area contributed by atoms with Crippen LogP contribution < -0.4 is 5.32 Å². The van der Waals surface area contributed by atoms with E-state index in [4.69, 9.17) is 11.6 Å². The molecule has 2 aromatic carbocycles. The minimum Gasteiger partial charge on any atom is -0.352 e. The fourth-order valence-electron chi connectivity index (χ4n) is 1.72. The molecule has 2 rings (SSSR count). The van der Waals surface area contributed by atoms with Crippen LogP contribution in [0.4, 0.5) is 0 Å². The quantitative estimate of drug-likeness (QED) is 0.894. The maximum absolute atomic E-state index is 11.6. The minimum atomic E-state index is -0.0415. The van der Waals surface area contributed by atoms with Crippen molar-refractivity contribution in [3.8, 4) is 11.1 Å². The van der Waals surface area contributed by atoms with Crippen molar-refractivity contribution in [2.24, 2.45) is 0 Å². The Bertz CT molecular complexity index is 531. The molecule has 3 heteroatoms. The van der Waals surface area contributed by atoms with Crippen LogP contribution in [0.15, 0.2) is 48.5 Å². The first kappa shape index (κ1) is 12.7. The molecule has 0 atom stereocenters. The largest absolute Gasteiger partial charge is 0.352 e. The minimum absolute atomic E-state index is 0.0415. The lowest BCUT2D eigenvalue weighted by molar-refractivity contribution is 0.0956. The third-order valence-electron chi connectivity index (χ3n) is 2.66. The van der Waals surface area contributed by atoms with Gasteiger partial charge >= 0.3 is 0 Å². The SMILES string of the molecule is CCNC(=O)c1ccc(-c2ccc(Cl)cc2)cc1. The van der Waals surface area contributed by atoms with E-state index in [-0.39, 0.29) is 5.91 Å². The van der Waals surface area contributed by atoms with E-state index in [9.17, 15) is 4.79 Å². The second kappa shape index (κ2) is 5.69. The van der Waals surface area contributed by atoms with Crippen LogP contribution in [0, 0.1) is 0 Å². The van der Waals surface area contributed by atoms with Crippen molar-refractivity contribution in [2.45, 2.75) is 6.92 Å². The van der Waals surface area contributed by atoms with Crippen LogP contribution in [-0.2, 0) is 0 Å². The topological polar surface area (TPSA) is 29.1 Å². The van der Waals surface area contributed by atoms with Crippen LogP contribution >= 0.6 is 11.6 Å². The molecule has 2 aromatic rings. The number of carbonyl (C=O) groups excluding carboxylic acids is 1. The van der Waals surface area contributed by atoms with Crippen LogP contribution in [0.3, 0.4) is 0 Å². The predicted octanol–water partition coefficient (Wildman–Crippen LogP) is 3.76. The van der Waals surface area contributed by atoms with Gasteiger partial charge in [-0.25, -0.2) is 0 Å². The first-order chi connectivity index (χ1) is 8.70. The molecular formula is C15H14ClNO. The van der Waals surface area contributed by atoms with Crippen LogP contribution in [0.2, 0.25) is 5.02 Å². The van der Waals surface area contributed by atoms with Gasteiger partial charge in [0.25, 0.3) is 5.91 Å². The Morgan fingerprint density at radius 1 is 1.00 bits per heavy atom. The second-order valence-corrected chi connectivity index (χ2v) is 4.38. The van der Waals surface area contributed by atoms with E-state index in [1.807, 2.05) is 55.5 Å². The van der Waals surface area contributed by atoms with Gasteiger partial charge in [-0.15, -0.1) is 0 Å². The molecule has 92 valence electrons.